The molecule has 104 valence electrons. The molecule has 19 heavy (non-hydrogen) atoms. The van der Waals surface area contributed by atoms with Gasteiger partial charge in [0.2, 0.25) is 0 Å². The maximum atomic E-state index is 5.59. The maximum absolute atomic E-state index is 5.59. The molecule has 1 atom stereocenters. The van der Waals surface area contributed by atoms with E-state index in [-0.39, 0.29) is 0 Å². The topological polar surface area (TPSA) is 61.6 Å². The lowest BCUT2D eigenvalue weighted by molar-refractivity contribution is -0.380. The molecule has 1 aliphatic rings. The van der Waals surface area contributed by atoms with Crippen molar-refractivity contribution < 1.29 is 18.9 Å². The first-order valence-electron chi connectivity index (χ1n) is 5.95. The van der Waals surface area contributed by atoms with Gasteiger partial charge in [-0.05, 0) is 31.5 Å². The predicted octanol–water partition coefficient (Wildman–Crippen LogP) is 2.69. The average Bonchev–Trinajstić information content (AvgIpc) is 2.73. The number of methoxy groups -OCH3 is 2. The zero-order valence-corrected chi connectivity index (χ0v) is 11.5. The molecule has 2 rings (SSSR count). The minimum atomic E-state index is -1.45. The van der Waals surface area contributed by atoms with Gasteiger partial charge in [-0.15, -0.1) is 0 Å². The van der Waals surface area contributed by atoms with Gasteiger partial charge in [0.1, 0.15) is 5.75 Å². The molecule has 1 unspecified atom stereocenters. The molecule has 0 saturated heterocycles. The molecule has 0 fully saturated rings. The molecular formula is C13H18N2O4. The van der Waals surface area contributed by atoms with Crippen molar-refractivity contribution in [2.75, 3.05) is 14.2 Å². The van der Waals surface area contributed by atoms with Gasteiger partial charge < -0.3 is 14.2 Å². The van der Waals surface area contributed by atoms with Crippen LogP contribution >= 0.6 is 0 Å². The molecule has 0 amide bonds. The van der Waals surface area contributed by atoms with Crippen LogP contribution in [-0.4, -0.2) is 26.0 Å². The van der Waals surface area contributed by atoms with E-state index in [9.17, 15) is 0 Å². The number of azo groups is 1. The summed E-state index contributed by atoms with van der Waals surface area (Å²) in [6.07, 6.45) is -1.45. The van der Waals surface area contributed by atoms with Crippen LogP contribution in [0.15, 0.2) is 34.5 Å². The molecule has 1 aromatic rings. The van der Waals surface area contributed by atoms with Crippen LogP contribution < -0.4 is 4.74 Å². The molecular weight excluding hydrogens is 248 g/mol. The van der Waals surface area contributed by atoms with Gasteiger partial charge in [-0.3, -0.25) is 4.74 Å². The molecule has 0 aliphatic carbocycles. The van der Waals surface area contributed by atoms with Crippen molar-refractivity contribution in [3.05, 3.63) is 29.8 Å². The van der Waals surface area contributed by atoms with Crippen LogP contribution in [0.25, 0.3) is 0 Å². The zero-order valence-electron chi connectivity index (χ0n) is 11.5. The molecule has 6 nitrogen and oxygen atoms in total. The molecule has 0 saturated carbocycles. The van der Waals surface area contributed by atoms with Gasteiger partial charge in [0, 0.05) is 7.11 Å². The Kier molecular flexibility index (Phi) is 3.84. The van der Waals surface area contributed by atoms with Crippen molar-refractivity contribution in [1.29, 1.82) is 0 Å². The van der Waals surface area contributed by atoms with Gasteiger partial charge >= 0.3 is 6.10 Å². The Balaban J connectivity index is 1.99. The summed E-state index contributed by atoms with van der Waals surface area (Å²) in [5, 5.41) is 7.89. The molecule has 6 heteroatoms. The van der Waals surface area contributed by atoms with Crippen molar-refractivity contribution in [2.45, 2.75) is 32.3 Å². The largest absolute Gasteiger partial charge is 0.497 e. The highest BCUT2D eigenvalue weighted by atomic mass is 16.9. The Bertz CT molecular complexity index is 458. The second-order valence-electron chi connectivity index (χ2n) is 4.61. The summed E-state index contributed by atoms with van der Waals surface area (Å²) in [6, 6.07) is 7.52. The van der Waals surface area contributed by atoms with Crippen LogP contribution in [0, 0.1) is 0 Å². The maximum Gasteiger partial charge on any atom is 0.415 e. The molecule has 0 N–H and O–H groups in total. The van der Waals surface area contributed by atoms with Crippen LogP contribution in [0.3, 0.4) is 0 Å². The Labute approximate surface area is 112 Å². The van der Waals surface area contributed by atoms with E-state index >= 15 is 0 Å². The normalized spacial score (nSPS) is 24.6. The molecule has 0 spiro atoms. The van der Waals surface area contributed by atoms with E-state index in [4.69, 9.17) is 18.9 Å². The Morgan fingerprint density at radius 2 is 1.79 bits per heavy atom. The minimum Gasteiger partial charge on any atom is -0.497 e. The second kappa shape index (κ2) is 5.24. The first kappa shape index (κ1) is 13.9. The van der Waals surface area contributed by atoms with E-state index in [1.165, 1.54) is 7.11 Å². The monoisotopic (exact) mass is 266 g/mol. The van der Waals surface area contributed by atoms with Crippen molar-refractivity contribution in [3.63, 3.8) is 0 Å². The summed E-state index contributed by atoms with van der Waals surface area (Å²) < 4.78 is 21.4. The Hall–Kier alpha value is -1.50. The van der Waals surface area contributed by atoms with Crippen LogP contribution in [0.2, 0.25) is 0 Å². The number of rotatable bonds is 5. The van der Waals surface area contributed by atoms with Crippen LogP contribution in [0.5, 0.6) is 5.75 Å². The van der Waals surface area contributed by atoms with Crippen LogP contribution in [0.1, 0.15) is 19.4 Å². The molecule has 1 heterocycles. The fraction of sp³-hybridized carbons (Fsp3) is 0.538. The van der Waals surface area contributed by atoms with E-state index in [0.717, 1.165) is 11.3 Å². The van der Waals surface area contributed by atoms with E-state index in [1.807, 2.05) is 24.3 Å². The van der Waals surface area contributed by atoms with Crippen molar-refractivity contribution in [2.24, 2.45) is 10.2 Å². The fourth-order valence-electron chi connectivity index (χ4n) is 1.63. The quantitative estimate of drug-likeness (QED) is 0.769. The molecule has 1 aliphatic heterocycles. The molecule has 1 aromatic carbocycles. The number of benzene rings is 1. The van der Waals surface area contributed by atoms with Crippen molar-refractivity contribution in [3.8, 4) is 5.75 Å². The lowest BCUT2D eigenvalue weighted by Gasteiger charge is -2.25. The fourth-order valence-corrected chi connectivity index (χ4v) is 1.63. The third kappa shape index (κ3) is 3.28. The molecule has 0 radical (unpaired) electrons. The van der Waals surface area contributed by atoms with Crippen LogP contribution in [0.4, 0.5) is 0 Å². The molecule has 0 aromatic heterocycles. The highest BCUT2D eigenvalue weighted by Crippen LogP contribution is 2.33. The van der Waals surface area contributed by atoms with E-state index in [1.54, 1.807) is 21.0 Å². The predicted molar refractivity (Wildman–Crippen MR) is 67.5 cm³/mol. The Morgan fingerprint density at radius 1 is 1.11 bits per heavy atom. The van der Waals surface area contributed by atoms with Crippen LogP contribution in [-0.2, 0) is 20.8 Å². The summed E-state index contributed by atoms with van der Waals surface area (Å²) in [6.45, 7) is 3.87. The lowest BCUT2D eigenvalue weighted by Crippen LogP contribution is -2.37. The van der Waals surface area contributed by atoms with Gasteiger partial charge in [0.25, 0.3) is 0 Å². The van der Waals surface area contributed by atoms with Gasteiger partial charge in [-0.25, -0.2) is 0 Å². The summed E-state index contributed by atoms with van der Waals surface area (Å²) in [5.74, 6) is 0.795. The zero-order chi connectivity index (χ0) is 13.9. The molecule has 0 bridgehead atoms. The second-order valence-corrected chi connectivity index (χ2v) is 4.61. The lowest BCUT2D eigenvalue weighted by atomic mass is 10.2. The number of ether oxygens (including phenoxy) is 4. The third-order valence-electron chi connectivity index (χ3n) is 2.63. The van der Waals surface area contributed by atoms with Gasteiger partial charge in [0.15, 0.2) is 5.72 Å². The Morgan fingerprint density at radius 3 is 2.26 bits per heavy atom. The minimum absolute atomic E-state index is 0.299. The van der Waals surface area contributed by atoms with Crippen molar-refractivity contribution in [1.82, 2.24) is 0 Å². The summed E-state index contributed by atoms with van der Waals surface area (Å²) in [7, 11) is 3.09. The van der Waals surface area contributed by atoms with Gasteiger partial charge in [-0.2, -0.15) is 5.11 Å². The first-order chi connectivity index (χ1) is 8.99. The first-order valence-corrected chi connectivity index (χ1v) is 5.95. The summed E-state index contributed by atoms with van der Waals surface area (Å²) in [4.78, 5) is 0. The number of hydrogen-bond acceptors (Lipinski definition) is 6. The smallest absolute Gasteiger partial charge is 0.415 e. The average molecular weight is 266 g/mol. The SMILES string of the molecule is COc1ccc(COC2(OC)N=NC(C)(C)O2)cc1. The highest BCUT2D eigenvalue weighted by molar-refractivity contribution is 5.26. The summed E-state index contributed by atoms with van der Waals surface area (Å²) in [5.41, 5.74) is 0.219. The van der Waals surface area contributed by atoms with Crippen molar-refractivity contribution >= 4 is 0 Å². The standard InChI is InChI=1S/C13H18N2O4/c1-12(2)14-15-13(17-4,19-12)18-9-10-5-7-11(16-3)8-6-10/h5-8H,9H2,1-4H3. The number of hydrogen-bond donors (Lipinski definition) is 0. The van der Waals surface area contributed by atoms with E-state index < -0.39 is 11.8 Å². The third-order valence-corrected chi connectivity index (χ3v) is 2.63. The summed E-state index contributed by atoms with van der Waals surface area (Å²) >= 11 is 0. The van der Waals surface area contributed by atoms with Gasteiger partial charge in [0.05, 0.1) is 13.7 Å². The van der Waals surface area contributed by atoms with E-state index in [0.29, 0.717) is 6.61 Å². The van der Waals surface area contributed by atoms with Gasteiger partial charge in [-0.1, -0.05) is 17.2 Å². The highest BCUT2D eigenvalue weighted by Gasteiger charge is 2.45. The van der Waals surface area contributed by atoms with E-state index in [2.05, 4.69) is 10.2 Å². The number of nitrogens with zero attached hydrogens (tertiary/aromatic N) is 2.